The van der Waals surface area contributed by atoms with Crippen LogP contribution in [-0.4, -0.2) is 15.5 Å². The molecular formula is C12H7ClN4OS. The van der Waals surface area contributed by atoms with Crippen LogP contribution in [0.5, 0.6) is 0 Å². The molecule has 1 amide bonds. The largest absolute Gasteiger partial charge is 0.320 e. The third-order valence-corrected chi connectivity index (χ3v) is 3.01. The van der Waals surface area contributed by atoms with Gasteiger partial charge in [0.2, 0.25) is 0 Å². The number of benzene rings is 1. The SMILES string of the molecule is N#C/C(=C\c1csnn1)C(=O)Nc1ccccc1Cl. The Kier molecular flexibility index (Phi) is 4.23. The first-order chi connectivity index (χ1) is 9.20. The number of aromatic nitrogens is 2. The molecule has 0 aliphatic rings. The molecular weight excluding hydrogens is 284 g/mol. The van der Waals surface area contributed by atoms with E-state index in [0.717, 1.165) is 11.5 Å². The molecule has 0 fully saturated rings. The van der Waals surface area contributed by atoms with E-state index in [9.17, 15) is 4.79 Å². The zero-order chi connectivity index (χ0) is 13.7. The molecule has 0 unspecified atom stereocenters. The first kappa shape index (κ1) is 13.2. The fourth-order valence-corrected chi connectivity index (χ4v) is 1.88. The molecule has 0 bridgehead atoms. The summed E-state index contributed by atoms with van der Waals surface area (Å²) in [6, 6.07) is 8.61. The number of para-hydroxylation sites is 1. The number of nitrogens with zero attached hydrogens (tertiary/aromatic N) is 3. The highest BCUT2D eigenvalue weighted by molar-refractivity contribution is 7.03. The van der Waals surface area contributed by atoms with Crippen LogP contribution in [0.25, 0.3) is 6.08 Å². The Morgan fingerprint density at radius 1 is 1.47 bits per heavy atom. The van der Waals surface area contributed by atoms with Gasteiger partial charge in [-0.3, -0.25) is 4.79 Å². The fourth-order valence-electron chi connectivity index (χ4n) is 1.28. The highest BCUT2D eigenvalue weighted by atomic mass is 35.5. The molecule has 7 heteroatoms. The predicted molar refractivity (Wildman–Crippen MR) is 73.6 cm³/mol. The lowest BCUT2D eigenvalue weighted by molar-refractivity contribution is -0.112. The average molecular weight is 291 g/mol. The Balaban J connectivity index is 2.19. The van der Waals surface area contributed by atoms with Crippen molar-refractivity contribution in [2.24, 2.45) is 0 Å². The van der Waals surface area contributed by atoms with E-state index in [1.54, 1.807) is 29.6 Å². The third-order valence-electron chi connectivity index (χ3n) is 2.16. The Hall–Kier alpha value is -2.23. The first-order valence-corrected chi connectivity index (χ1v) is 6.37. The second-order valence-corrected chi connectivity index (χ2v) is 4.45. The van der Waals surface area contributed by atoms with Gasteiger partial charge in [-0.2, -0.15) is 5.26 Å². The normalized spacial score (nSPS) is 10.8. The van der Waals surface area contributed by atoms with E-state index < -0.39 is 5.91 Å². The molecule has 0 spiro atoms. The lowest BCUT2D eigenvalue weighted by Gasteiger charge is -2.05. The molecule has 1 heterocycles. The first-order valence-electron chi connectivity index (χ1n) is 5.15. The summed E-state index contributed by atoms with van der Waals surface area (Å²) in [6.45, 7) is 0. The highest BCUT2D eigenvalue weighted by Gasteiger charge is 2.11. The number of nitrogens with one attached hydrogen (secondary N) is 1. The number of halogens is 1. The van der Waals surface area contributed by atoms with Gasteiger partial charge < -0.3 is 5.32 Å². The van der Waals surface area contributed by atoms with Gasteiger partial charge >= 0.3 is 0 Å². The number of carbonyl (C=O) groups excluding carboxylic acids is 1. The summed E-state index contributed by atoms with van der Waals surface area (Å²) in [5, 5.41) is 17.3. The summed E-state index contributed by atoms with van der Waals surface area (Å²) >= 11 is 7.06. The van der Waals surface area contributed by atoms with Gasteiger partial charge in [0.15, 0.2) is 0 Å². The van der Waals surface area contributed by atoms with Gasteiger partial charge in [-0.15, -0.1) is 5.10 Å². The van der Waals surface area contributed by atoms with Crippen LogP contribution >= 0.6 is 23.1 Å². The van der Waals surface area contributed by atoms with E-state index in [4.69, 9.17) is 16.9 Å². The van der Waals surface area contributed by atoms with Gasteiger partial charge in [-0.25, -0.2) is 0 Å². The minimum Gasteiger partial charge on any atom is -0.320 e. The summed E-state index contributed by atoms with van der Waals surface area (Å²) in [4.78, 5) is 11.9. The smallest absolute Gasteiger partial charge is 0.266 e. The van der Waals surface area contributed by atoms with E-state index in [1.165, 1.54) is 6.08 Å². The van der Waals surface area contributed by atoms with Crippen molar-refractivity contribution in [1.82, 2.24) is 9.59 Å². The second-order valence-electron chi connectivity index (χ2n) is 3.43. The molecule has 2 aromatic rings. The Labute approximate surface area is 118 Å². The molecule has 0 saturated heterocycles. The van der Waals surface area contributed by atoms with Gasteiger partial charge in [0, 0.05) is 5.38 Å². The average Bonchev–Trinajstić information content (AvgIpc) is 2.91. The highest BCUT2D eigenvalue weighted by Crippen LogP contribution is 2.21. The zero-order valence-corrected chi connectivity index (χ0v) is 11.1. The quantitative estimate of drug-likeness (QED) is 0.696. The van der Waals surface area contributed by atoms with Crippen LogP contribution in [0.4, 0.5) is 5.69 Å². The van der Waals surface area contributed by atoms with Crippen LogP contribution in [0.3, 0.4) is 0 Å². The summed E-state index contributed by atoms with van der Waals surface area (Å²) in [6.07, 6.45) is 1.37. The molecule has 1 N–H and O–H groups in total. The summed E-state index contributed by atoms with van der Waals surface area (Å²) < 4.78 is 3.65. The zero-order valence-electron chi connectivity index (χ0n) is 9.50. The van der Waals surface area contributed by atoms with E-state index in [2.05, 4.69) is 14.9 Å². The number of amides is 1. The summed E-state index contributed by atoms with van der Waals surface area (Å²) in [5.74, 6) is -0.538. The van der Waals surface area contributed by atoms with E-state index in [0.29, 0.717) is 16.4 Å². The Morgan fingerprint density at radius 2 is 2.26 bits per heavy atom. The van der Waals surface area contributed by atoms with E-state index in [1.807, 2.05) is 6.07 Å². The number of nitriles is 1. The van der Waals surface area contributed by atoms with Crippen molar-refractivity contribution in [2.75, 3.05) is 5.32 Å². The maximum absolute atomic E-state index is 11.9. The molecule has 1 aromatic carbocycles. The topological polar surface area (TPSA) is 78.7 Å². The molecule has 94 valence electrons. The van der Waals surface area contributed by atoms with Crippen molar-refractivity contribution in [3.05, 3.63) is 45.9 Å². The summed E-state index contributed by atoms with van der Waals surface area (Å²) in [5.41, 5.74) is 0.857. The fraction of sp³-hybridized carbons (Fsp3) is 0. The van der Waals surface area contributed by atoms with Crippen molar-refractivity contribution < 1.29 is 4.79 Å². The number of rotatable bonds is 3. The Bertz CT molecular complexity index is 661. The predicted octanol–water partition coefficient (Wildman–Crippen LogP) is 2.74. The van der Waals surface area contributed by atoms with Crippen molar-refractivity contribution in [3.8, 4) is 6.07 Å². The van der Waals surface area contributed by atoms with E-state index in [-0.39, 0.29) is 5.57 Å². The minimum absolute atomic E-state index is 0.0624. The standard InChI is InChI=1S/C12H7ClN4OS/c13-10-3-1-2-4-11(10)15-12(18)8(6-14)5-9-7-19-17-16-9/h1-5,7H,(H,15,18)/b8-5+. The van der Waals surface area contributed by atoms with Crippen molar-refractivity contribution in [3.63, 3.8) is 0 Å². The molecule has 0 radical (unpaired) electrons. The number of anilines is 1. The summed E-state index contributed by atoms with van der Waals surface area (Å²) in [7, 11) is 0. The Morgan fingerprint density at radius 3 is 2.89 bits per heavy atom. The molecule has 0 aliphatic carbocycles. The van der Waals surface area contributed by atoms with Crippen LogP contribution in [0, 0.1) is 11.3 Å². The van der Waals surface area contributed by atoms with Crippen molar-refractivity contribution >= 4 is 40.8 Å². The maximum atomic E-state index is 11.9. The van der Waals surface area contributed by atoms with Crippen LogP contribution in [0.1, 0.15) is 5.69 Å². The van der Waals surface area contributed by atoms with Gasteiger partial charge in [0.1, 0.15) is 11.6 Å². The van der Waals surface area contributed by atoms with Gasteiger partial charge in [-0.05, 0) is 29.7 Å². The second kappa shape index (κ2) is 6.09. The molecule has 5 nitrogen and oxygen atoms in total. The van der Waals surface area contributed by atoms with Gasteiger partial charge in [-0.1, -0.05) is 28.2 Å². The van der Waals surface area contributed by atoms with Crippen molar-refractivity contribution in [2.45, 2.75) is 0 Å². The number of hydrogen-bond donors (Lipinski definition) is 1. The molecule has 0 saturated carbocycles. The van der Waals surface area contributed by atoms with Crippen LogP contribution < -0.4 is 5.32 Å². The molecule has 19 heavy (non-hydrogen) atoms. The molecule has 1 aromatic heterocycles. The lowest BCUT2D eigenvalue weighted by atomic mass is 10.2. The minimum atomic E-state index is -0.538. The van der Waals surface area contributed by atoms with Gasteiger partial charge in [0.05, 0.1) is 16.4 Å². The number of hydrogen-bond acceptors (Lipinski definition) is 5. The maximum Gasteiger partial charge on any atom is 0.266 e. The van der Waals surface area contributed by atoms with Crippen LogP contribution in [-0.2, 0) is 4.79 Å². The van der Waals surface area contributed by atoms with Crippen LogP contribution in [0.2, 0.25) is 5.02 Å². The molecule has 2 rings (SSSR count). The van der Waals surface area contributed by atoms with Crippen molar-refractivity contribution in [1.29, 1.82) is 5.26 Å². The van der Waals surface area contributed by atoms with E-state index >= 15 is 0 Å². The van der Waals surface area contributed by atoms with Gasteiger partial charge in [0.25, 0.3) is 5.91 Å². The third kappa shape index (κ3) is 3.37. The lowest BCUT2D eigenvalue weighted by Crippen LogP contribution is -2.13. The monoisotopic (exact) mass is 290 g/mol. The molecule has 0 aliphatic heterocycles. The molecule has 0 atom stereocenters. The number of carbonyl (C=O) groups is 1. The van der Waals surface area contributed by atoms with Crippen LogP contribution in [0.15, 0.2) is 35.2 Å².